The van der Waals surface area contributed by atoms with Crippen molar-refractivity contribution in [1.29, 1.82) is 5.26 Å². The standard InChI is InChI=1S/C17H15F3N4O2/c1-2-3-12-14-13(11(8-21)15(22)25-16(14)24-23-12)9-4-6-10(7-5-9)26-17(18,19)20/h4-7,13H,2-3,22H2,1H3,(H,23,24). The largest absolute Gasteiger partial charge is 0.573 e. The summed E-state index contributed by atoms with van der Waals surface area (Å²) in [7, 11) is 0. The van der Waals surface area contributed by atoms with Gasteiger partial charge in [0.25, 0.3) is 0 Å². The summed E-state index contributed by atoms with van der Waals surface area (Å²) in [4.78, 5) is 0. The van der Waals surface area contributed by atoms with Crippen LogP contribution in [0.3, 0.4) is 0 Å². The molecule has 0 amide bonds. The lowest BCUT2D eigenvalue weighted by molar-refractivity contribution is -0.274. The summed E-state index contributed by atoms with van der Waals surface area (Å²) in [5.74, 6) is -0.727. The van der Waals surface area contributed by atoms with Crippen LogP contribution in [-0.4, -0.2) is 16.6 Å². The molecule has 0 spiro atoms. The van der Waals surface area contributed by atoms with Crippen molar-refractivity contribution in [2.75, 3.05) is 0 Å². The Balaban J connectivity index is 2.05. The molecule has 9 heteroatoms. The number of ether oxygens (including phenoxy) is 2. The normalized spacial score (nSPS) is 16.7. The molecule has 2 heterocycles. The predicted molar refractivity (Wildman–Crippen MR) is 85.0 cm³/mol. The number of allylic oxidation sites excluding steroid dienone is 1. The summed E-state index contributed by atoms with van der Waals surface area (Å²) in [5.41, 5.74) is 8.07. The zero-order chi connectivity index (χ0) is 18.9. The Bertz CT molecular complexity index is 879. The van der Waals surface area contributed by atoms with E-state index in [2.05, 4.69) is 14.9 Å². The van der Waals surface area contributed by atoms with E-state index in [9.17, 15) is 18.4 Å². The number of fused-ring (bicyclic) bond motifs is 1. The number of alkyl halides is 3. The number of hydrogen-bond donors (Lipinski definition) is 2. The van der Waals surface area contributed by atoms with E-state index in [0.29, 0.717) is 17.5 Å². The lowest BCUT2D eigenvalue weighted by atomic mass is 9.83. The highest BCUT2D eigenvalue weighted by Crippen LogP contribution is 2.43. The van der Waals surface area contributed by atoms with E-state index >= 15 is 0 Å². The number of aryl methyl sites for hydroxylation is 1. The van der Waals surface area contributed by atoms with Crippen LogP contribution in [0.15, 0.2) is 35.7 Å². The number of nitrogens with one attached hydrogen (secondary N) is 1. The Kier molecular flexibility index (Phi) is 4.50. The Morgan fingerprint density at radius 2 is 2.04 bits per heavy atom. The van der Waals surface area contributed by atoms with Crippen molar-refractivity contribution in [3.63, 3.8) is 0 Å². The number of rotatable bonds is 4. The van der Waals surface area contributed by atoms with E-state index in [0.717, 1.165) is 12.1 Å². The van der Waals surface area contributed by atoms with Gasteiger partial charge in [-0.15, -0.1) is 18.3 Å². The Labute approximate surface area is 147 Å². The molecule has 0 bridgehead atoms. The van der Waals surface area contributed by atoms with Crippen LogP contribution < -0.4 is 15.2 Å². The molecular formula is C17H15F3N4O2. The maximum atomic E-state index is 12.3. The molecule has 3 N–H and O–H groups in total. The molecule has 0 saturated carbocycles. The van der Waals surface area contributed by atoms with Crippen LogP contribution in [0.5, 0.6) is 11.6 Å². The first-order chi connectivity index (χ1) is 12.3. The first-order valence-electron chi connectivity index (χ1n) is 7.84. The molecule has 1 aromatic carbocycles. The molecule has 1 aromatic heterocycles. The number of halogens is 3. The number of aromatic amines is 1. The van der Waals surface area contributed by atoms with Crippen molar-refractivity contribution >= 4 is 0 Å². The van der Waals surface area contributed by atoms with Crippen molar-refractivity contribution in [2.45, 2.75) is 32.0 Å². The minimum Gasteiger partial charge on any atom is -0.420 e. The summed E-state index contributed by atoms with van der Waals surface area (Å²) in [6, 6.07) is 7.36. The molecule has 1 unspecified atom stereocenters. The van der Waals surface area contributed by atoms with E-state index in [1.54, 1.807) is 0 Å². The van der Waals surface area contributed by atoms with Gasteiger partial charge in [0.05, 0.1) is 5.92 Å². The smallest absolute Gasteiger partial charge is 0.420 e. The van der Waals surface area contributed by atoms with Gasteiger partial charge in [0.1, 0.15) is 17.4 Å². The van der Waals surface area contributed by atoms with Crippen molar-refractivity contribution < 1.29 is 22.6 Å². The molecule has 26 heavy (non-hydrogen) atoms. The number of nitriles is 1. The Hall–Kier alpha value is -3.15. The molecule has 0 aliphatic carbocycles. The molecule has 0 radical (unpaired) electrons. The zero-order valence-corrected chi connectivity index (χ0v) is 13.7. The lowest BCUT2D eigenvalue weighted by Gasteiger charge is -2.24. The van der Waals surface area contributed by atoms with Crippen molar-refractivity contribution in [3.05, 3.63) is 52.5 Å². The highest BCUT2D eigenvalue weighted by molar-refractivity contribution is 5.55. The van der Waals surface area contributed by atoms with Gasteiger partial charge in [0.15, 0.2) is 0 Å². The Morgan fingerprint density at radius 1 is 1.35 bits per heavy atom. The number of nitrogens with zero attached hydrogens (tertiary/aromatic N) is 2. The van der Waals surface area contributed by atoms with Gasteiger partial charge in [0, 0.05) is 11.3 Å². The van der Waals surface area contributed by atoms with Gasteiger partial charge in [-0.1, -0.05) is 25.5 Å². The average molecular weight is 364 g/mol. The maximum Gasteiger partial charge on any atom is 0.573 e. The molecule has 1 aliphatic rings. The van der Waals surface area contributed by atoms with Crippen LogP contribution in [0, 0.1) is 11.3 Å². The molecule has 6 nitrogen and oxygen atoms in total. The third kappa shape index (κ3) is 3.31. The van der Waals surface area contributed by atoms with E-state index < -0.39 is 12.3 Å². The fourth-order valence-electron chi connectivity index (χ4n) is 2.94. The second-order valence-corrected chi connectivity index (χ2v) is 5.71. The number of hydrogen-bond acceptors (Lipinski definition) is 5. The van der Waals surface area contributed by atoms with E-state index in [4.69, 9.17) is 10.5 Å². The van der Waals surface area contributed by atoms with Crippen LogP contribution in [0.4, 0.5) is 13.2 Å². The predicted octanol–water partition coefficient (Wildman–Crippen LogP) is 3.48. The third-order valence-corrected chi connectivity index (χ3v) is 3.96. The summed E-state index contributed by atoms with van der Waals surface area (Å²) in [5, 5.41) is 16.5. The number of aromatic nitrogens is 2. The van der Waals surface area contributed by atoms with Gasteiger partial charge in [-0.2, -0.15) is 5.26 Å². The summed E-state index contributed by atoms with van der Waals surface area (Å²) < 4.78 is 46.3. The first kappa shape index (κ1) is 17.7. The second kappa shape index (κ2) is 6.63. The molecule has 0 fully saturated rings. The van der Waals surface area contributed by atoms with E-state index in [1.165, 1.54) is 24.3 Å². The fraction of sp³-hybridized carbons (Fsp3) is 0.294. The quantitative estimate of drug-likeness (QED) is 0.866. The molecule has 0 saturated heterocycles. The van der Waals surface area contributed by atoms with Gasteiger partial charge in [-0.3, -0.25) is 5.10 Å². The van der Waals surface area contributed by atoms with Crippen molar-refractivity contribution in [3.8, 4) is 17.7 Å². The van der Waals surface area contributed by atoms with Gasteiger partial charge >= 0.3 is 6.36 Å². The monoisotopic (exact) mass is 364 g/mol. The maximum absolute atomic E-state index is 12.3. The molecule has 1 atom stereocenters. The fourth-order valence-corrected chi connectivity index (χ4v) is 2.94. The number of H-pyrrole nitrogens is 1. The van der Waals surface area contributed by atoms with Crippen LogP contribution in [0.2, 0.25) is 0 Å². The van der Waals surface area contributed by atoms with Gasteiger partial charge in [-0.05, 0) is 24.1 Å². The average Bonchev–Trinajstić information content (AvgIpc) is 2.96. The van der Waals surface area contributed by atoms with E-state index in [-0.39, 0.29) is 23.1 Å². The van der Waals surface area contributed by atoms with Gasteiger partial charge < -0.3 is 15.2 Å². The van der Waals surface area contributed by atoms with Crippen LogP contribution in [-0.2, 0) is 6.42 Å². The highest BCUT2D eigenvalue weighted by atomic mass is 19.4. The molecular weight excluding hydrogens is 349 g/mol. The number of nitrogens with two attached hydrogens (primary N) is 1. The highest BCUT2D eigenvalue weighted by Gasteiger charge is 2.35. The van der Waals surface area contributed by atoms with E-state index in [1.807, 2.05) is 13.0 Å². The molecule has 136 valence electrons. The molecule has 3 rings (SSSR count). The lowest BCUT2D eigenvalue weighted by Crippen LogP contribution is -2.21. The summed E-state index contributed by atoms with van der Waals surface area (Å²) in [6.45, 7) is 1.99. The minimum atomic E-state index is -4.77. The summed E-state index contributed by atoms with van der Waals surface area (Å²) in [6.07, 6.45) is -3.26. The molecule has 1 aliphatic heterocycles. The topological polar surface area (TPSA) is 97.0 Å². The van der Waals surface area contributed by atoms with Crippen LogP contribution >= 0.6 is 0 Å². The Morgan fingerprint density at radius 3 is 2.62 bits per heavy atom. The van der Waals surface area contributed by atoms with Crippen molar-refractivity contribution in [1.82, 2.24) is 10.2 Å². The first-order valence-corrected chi connectivity index (χ1v) is 7.84. The third-order valence-electron chi connectivity index (χ3n) is 3.96. The minimum absolute atomic E-state index is 0.0739. The SMILES string of the molecule is CCCc1[nH]nc2c1C(c1ccc(OC(F)(F)F)cc1)C(C#N)=C(N)O2. The second-order valence-electron chi connectivity index (χ2n) is 5.71. The van der Waals surface area contributed by atoms with Crippen LogP contribution in [0.1, 0.15) is 36.1 Å². The number of benzene rings is 1. The zero-order valence-electron chi connectivity index (χ0n) is 13.7. The summed E-state index contributed by atoms with van der Waals surface area (Å²) >= 11 is 0. The van der Waals surface area contributed by atoms with Crippen LogP contribution in [0.25, 0.3) is 0 Å². The van der Waals surface area contributed by atoms with Gasteiger partial charge in [0.2, 0.25) is 11.8 Å². The van der Waals surface area contributed by atoms with Gasteiger partial charge in [-0.25, -0.2) is 0 Å². The molecule has 2 aromatic rings. The van der Waals surface area contributed by atoms with Crippen molar-refractivity contribution in [2.24, 2.45) is 5.73 Å².